The zero-order valence-electron chi connectivity index (χ0n) is 13.9. The molecule has 1 unspecified atom stereocenters. The Bertz CT molecular complexity index is 221. The van der Waals surface area contributed by atoms with Crippen molar-refractivity contribution >= 4 is 0 Å². The molecule has 0 bridgehead atoms. The van der Waals surface area contributed by atoms with Gasteiger partial charge in [0.25, 0.3) is 0 Å². The van der Waals surface area contributed by atoms with Crippen LogP contribution in [0.5, 0.6) is 0 Å². The van der Waals surface area contributed by atoms with Gasteiger partial charge in [-0.25, -0.2) is 0 Å². The lowest BCUT2D eigenvalue weighted by atomic mass is 10.0. The van der Waals surface area contributed by atoms with Crippen LogP contribution >= 0.6 is 0 Å². The first-order valence-corrected chi connectivity index (χ1v) is 8.09. The summed E-state index contributed by atoms with van der Waals surface area (Å²) in [6.45, 7) is 17.4. The quantitative estimate of drug-likeness (QED) is 0.515. The monoisotopic (exact) mass is 268 g/mol. The van der Waals surface area contributed by atoms with E-state index in [1.807, 2.05) is 0 Å². The molecule has 0 saturated heterocycles. The Hall–Kier alpha value is -0.500. The van der Waals surface area contributed by atoms with E-state index in [0.717, 1.165) is 12.5 Å². The molecule has 114 valence electrons. The fraction of sp³-hybridized carbons (Fsp3) is 0.882. The average Bonchev–Trinajstić information content (AvgIpc) is 2.34. The molecular formula is C17H36N2. The van der Waals surface area contributed by atoms with E-state index >= 15 is 0 Å². The van der Waals surface area contributed by atoms with Crippen molar-refractivity contribution in [1.29, 1.82) is 0 Å². The van der Waals surface area contributed by atoms with Crippen LogP contribution in [0.25, 0.3) is 0 Å². The molecule has 1 atom stereocenters. The zero-order chi connectivity index (χ0) is 14.7. The number of nitrogens with one attached hydrogen (secondary N) is 2. The van der Waals surface area contributed by atoms with Gasteiger partial charge in [-0.15, -0.1) is 0 Å². The topological polar surface area (TPSA) is 24.1 Å². The third-order valence-corrected chi connectivity index (χ3v) is 3.55. The van der Waals surface area contributed by atoms with Crippen LogP contribution in [0.4, 0.5) is 0 Å². The predicted octanol–water partition coefficient (Wildman–Crippen LogP) is 4.33. The maximum Gasteiger partial charge on any atom is 0.0169 e. The van der Waals surface area contributed by atoms with Gasteiger partial charge in [-0.3, -0.25) is 0 Å². The molecule has 0 heterocycles. The highest BCUT2D eigenvalue weighted by Gasteiger charge is 2.04. The average molecular weight is 268 g/mol. The van der Waals surface area contributed by atoms with Crippen molar-refractivity contribution in [2.24, 2.45) is 11.8 Å². The van der Waals surface area contributed by atoms with Crippen LogP contribution in [0.15, 0.2) is 12.3 Å². The highest BCUT2D eigenvalue weighted by Crippen LogP contribution is 2.11. The van der Waals surface area contributed by atoms with E-state index in [0.29, 0.717) is 12.0 Å². The molecule has 0 spiro atoms. The molecule has 0 amide bonds. The van der Waals surface area contributed by atoms with E-state index in [9.17, 15) is 0 Å². The summed E-state index contributed by atoms with van der Waals surface area (Å²) in [6, 6.07) is 0.625. The van der Waals surface area contributed by atoms with Crippen LogP contribution in [0.1, 0.15) is 66.7 Å². The van der Waals surface area contributed by atoms with E-state index in [1.54, 1.807) is 0 Å². The van der Waals surface area contributed by atoms with Gasteiger partial charge in [-0.05, 0) is 31.2 Å². The summed E-state index contributed by atoms with van der Waals surface area (Å²) < 4.78 is 0. The number of hydrogen-bond donors (Lipinski definition) is 2. The molecule has 0 aliphatic rings. The van der Waals surface area contributed by atoms with Crippen molar-refractivity contribution in [3.05, 3.63) is 12.3 Å². The van der Waals surface area contributed by atoms with Crippen molar-refractivity contribution in [2.45, 2.75) is 72.8 Å². The molecule has 0 radical (unpaired) electrons. The smallest absolute Gasteiger partial charge is 0.0169 e. The highest BCUT2D eigenvalue weighted by atomic mass is 14.9. The Morgan fingerprint density at radius 1 is 0.947 bits per heavy atom. The van der Waals surface area contributed by atoms with Gasteiger partial charge in [0.2, 0.25) is 0 Å². The zero-order valence-corrected chi connectivity index (χ0v) is 13.9. The largest absolute Gasteiger partial charge is 0.388 e. The second kappa shape index (κ2) is 11.3. The Morgan fingerprint density at radius 2 is 1.58 bits per heavy atom. The van der Waals surface area contributed by atoms with Crippen LogP contribution in [0.3, 0.4) is 0 Å². The molecule has 0 saturated carbocycles. The highest BCUT2D eigenvalue weighted by molar-refractivity contribution is 4.94. The van der Waals surface area contributed by atoms with Crippen molar-refractivity contribution in [3.63, 3.8) is 0 Å². The molecule has 2 heteroatoms. The molecule has 2 nitrogen and oxygen atoms in total. The van der Waals surface area contributed by atoms with Gasteiger partial charge in [-0.2, -0.15) is 0 Å². The van der Waals surface area contributed by atoms with E-state index in [4.69, 9.17) is 0 Å². The third kappa shape index (κ3) is 12.3. The van der Waals surface area contributed by atoms with Gasteiger partial charge < -0.3 is 10.6 Å². The van der Waals surface area contributed by atoms with E-state index in [2.05, 4.69) is 51.8 Å². The Morgan fingerprint density at radius 3 is 2.16 bits per heavy atom. The van der Waals surface area contributed by atoms with Crippen molar-refractivity contribution in [1.82, 2.24) is 10.6 Å². The summed E-state index contributed by atoms with van der Waals surface area (Å²) in [5.41, 5.74) is 1.17. The maximum atomic E-state index is 4.05. The van der Waals surface area contributed by atoms with Gasteiger partial charge in [-0.1, -0.05) is 60.5 Å². The first-order valence-electron chi connectivity index (χ1n) is 8.09. The Balaban J connectivity index is 3.34. The normalized spacial score (nSPS) is 13.0. The minimum atomic E-state index is 0.542. The second-order valence-corrected chi connectivity index (χ2v) is 6.48. The first-order chi connectivity index (χ1) is 8.93. The van der Waals surface area contributed by atoms with E-state index in [-0.39, 0.29) is 0 Å². The fourth-order valence-corrected chi connectivity index (χ4v) is 1.97. The summed E-state index contributed by atoms with van der Waals surface area (Å²) >= 11 is 0. The van der Waals surface area contributed by atoms with Crippen LogP contribution in [-0.2, 0) is 0 Å². The standard InChI is InChI=1S/C17H36N2/c1-14(2)17(6)19-13-16(5)11-9-7-8-10-12-18-15(3)4/h14-16,18-19H,6-13H2,1-5H3. The fourth-order valence-electron chi connectivity index (χ4n) is 1.97. The van der Waals surface area contributed by atoms with Gasteiger partial charge >= 0.3 is 0 Å². The molecule has 0 aromatic rings. The second-order valence-electron chi connectivity index (χ2n) is 6.48. The number of allylic oxidation sites excluding steroid dienone is 1. The van der Waals surface area contributed by atoms with Crippen LogP contribution in [-0.4, -0.2) is 19.1 Å². The van der Waals surface area contributed by atoms with Crippen LogP contribution < -0.4 is 10.6 Å². The molecule has 0 aromatic carbocycles. The summed E-state index contributed by atoms with van der Waals surface area (Å²) in [6.07, 6.45) is 6.73. The number of hydrogen-bond acceptors (Lipinski definition) is 2. The summed E-state index contributed by atoms with van der Waals surface area (Å²) in [5.74, 6) is 1.30. The molecule has 0 aliphatic carbocycles. The van der Waals surface area contributed by atoms with Crippen molar-refractivity contribution < 1.29 is 0 Å². The number of rotatable bonds is 12. The Labute approximate surface area is 121 Å². The lowest BCUT2D eigenvalue weighted by Crippen LogP contribution is -2.23. The molecular weight excluding hydrogens is 232 g/mol. The van der Waals surface area contributed by atoms with Crippen LogP contribution in [0, 0.1) is 11.8 Å². The number of unbranched alkanes of at least 4 members (excludes halogenated alkanes) is 3. The minimum absolute atomic E-state index is 0.542. The molecule has 2 N–H and O–H groups in total. The Kier molecular flexibility index (Phi) is 11.0. The van der Waals surface area contributed by atoms with Crippen molar-refractivity contribution in [2.75, 3.05) is 13.1 Å². The van der Waals surface area contributed by atoms with Crippen LogP contribution in [0.2, 0.25) is 0 Å². The predicted molar refractivity (Wildman–Crippen MR) is 87.4 cm³/mol. The maximum absolute atomic E-state index is 4.05. The van der Waals surface area contributed by atoms with E-state index in [1.165, 1.54) is 44.3 Å². The lowest BCUT2D eigenvalue weighted by Gasteiger charge is -2.17. The van der Waals surface area contributed by atoms with Gasteiger partial charge in [0.1, 0.15) is 0 Å². The van der Waals surface area contributed by atoms with Gasteiger partial charge in [0.15, 0.2) is 0 Å². The lowest BCUT2D eigenvalue weighted by molar-refractivity contribution is 0.456. The third-order valence-electron chi connectivity index (χ3n) is 3.55. The summed E-state index contributed by atoms with van der Waals surface area (Å²) in [5, 5.41) is 6.92. The molecule has 0 fully saturated rings. The summed E-state index contributed by atoms with van der Waals surface area (Å²) in [7, 11) is 0. The molecule has 0 aliphatic heterocycles. The van der Waals surface area contributed by atoms with E-state index < -0.39 is 0 Å². The molecule has 0 aromatic heterocycles. The first kappa shape index (κ1) is 18.5. The minimum Gasteiger partial charge on any atom is -0.388 e. The summed E-state index contributed by atoms with van der Waals surface area (Å²) in [4.78, 5) is 0. The molecule has 0 rings (SSSR count). The van der Waals surface area contributed by atoms with Crippen molar-refractivity contribution in [3.8, 4) is 0 Å². The van der Waals surface area contributed by atoms with Gasteiger partial charge in [0.05, 0.1) is 0 Å². The SMILES string of the molecule is C=C(NCC(C)CCCCCCNC(C)C)C(C)C. The molecule has 19 heavy (non-hydrogen) atoms. The van der Waals surface area contributed by atoms with Gasteiger partial charge in [0, 0.05) is 18.3 Å².